The number of fused-ring (bicyclic) bond motifs is 2. The van der Waals surface area contributed by atoms with Crippen LogP contribution in [0.5, 0.6) is 0 Å². The van der Waals surface area contributed by atoms with Crippen LogP contribution in [-0.4, -0.2) is 73.0 Å². The lowest BCUT2D eigenvalue weighted by Crippen LogP contribution is -2.64. The third-order valence-corrected chi connectivity index (χ3v) is 7.17. The number of nitrogens with zero attached hydrogens (tertiary/aromatic N) is 5. The van der Waals surface area contributed by atoms with Gasteiger partial charge in [0, 0.05) is 36.4 Å². The molecule has 0 spiro atoms. The summed E-state index contributed by atoms with van der Waals surface area (Å²) in [4.78, 5) is 36.6. The first kappa shape index (κ1) is 20.0. The number of nitrogens with one attached hydrogen (secondary N) is 2. The number of aromatic nitrogens is 3. The number of aromatic amines is 1. The van der Waals surface area contributed by atoms with Crippen molar-refractivity contribution in [3.63, 3.8) is 0 Å². The fraction of sp³-hybridized carbons (Fsp3) is 0.545. The number of anilines is 1. The zero-order valence-electron chi connectivity index (χ0n) is 18.3. The lowest BCUT2D eigenvalue weighted by Gasteiger charge is -2.49. The van der Waals surface area contributed by atoms with E-state index in [9.17, 15) is 9.59 Å². The maximum atomic E-state index is 13.6. The third-order valence-electron chi connectivity index (χ3n) is 7.17. The number of hydrogen-bond donors (Lipinski definition) is 2. The first-order chi connectivity index (χ1) is 14.9. The Morgan fingerprint density at radius 3 is 2.87 bits per heavy atom. The molecule has 0 saturated carbocycles. The molecule has 3 aliphatic heterocycles. The van der Waals surface area contributed by atoms with E-state index >= 15 is 0 Å². The van der Waals surface area contributed by atoms with Crippen LogP contribution >= 0.6 is 0 Å². The van der Waals surface area contributed by atoms with Gasteiger partial charge in [-0.1, -0.05) is 6.07 Å². The van der Waals surface area contributed by atoms with Gasteiger partial charge in [0.2, 0.25) is 0 Å². The fourth-order valence-corrected chi connectivity index (χ4v) is 5.28. The first-order valence-corrected chi connectivity index (χ1v) is 11.0. The number of rotatable bonds is 2. The van der Waals surface area contributed by atoms with Gasteiger partial charge in [0.05, 0.1) is 18.3 Å². The Morgan fingerprint density at radius 1 is 1.26 bits per heavy atom. The summed E-state index contributed by atoms with van der Waals surface area (Å²) >= 11 is 0. The standard InChI is InChI=1S/C22H29N7O2/c1-14-11-27-10-6-8-22(27,3)13-29(14)21(31)28-12-16-18(15(28)2)25-26-19(16)24-20(30)17-7-4-5-9-23-17/h4-5,7,9,14-15H,6,8,10-13H2,1-3H3,(H2,24,25,26,30)/t14-,15?,22+/m0/s1. The van der Waals surface area contributed by atoms with E-state index in [0.29, 0.717) is 18.1 Å². The van der Waals surface area contributed by atoms with Gasteiger partial charge in [-0.3, -0.25) is 19.8 Å². The number of piperazine rings is 1. The van der Waals surface area contributed by atoms with Crippen LogP contribution < -0.4 is 5.32 Å². The molecule has 2 aromatic rings. The van der Waals surface area contributed by atoms with Gasteiger partial charge in [-0.05, 0) is 52.3 Å². The third kappa shape index (κ3) is 3.27. The van der Waals surface area contributed by atoms with E-state index in [1.54, 1.807) is 24.4 Å². The van der Waals surface area contributed by atoms with E-state index in [4.69, 9.17) is 0 Å². The second-order valence-electron chi connectivity index (χ2n) is 9.24. The number of amides is 3. The zero-order valence-corrected chi connectivity index (χ0v) is 18.3. The second kappa shape index (κ2) is 7.33. The Bertz CT molecular complexity index is 1010. The minimum atomic E-state index is -0.314. The summed E-state index contributed by atoms with van der Waals surface area (Å²) in [6.07, 6.45) is 3.91. The molecule has 5 rings (SSSR count). The van der Waals surface area contributed by atoms with Gasteiger partial charge < -0.3 is 15.1 Å². The molecule has 2 aromatic heterocycles. The molecular formula is C22H29N7O2. The summed E-state index contributed by atoms with van der Waals surface area (Å²) in [7, 11) is 0. The zero-order chi connectivity index (χ0) is 21.8. The molecule has 0 aromatic carbocycles. The monoisotopic (exact) mass is 423 g/mol. The molecule has 0 bridgehead atoms. The molecular weight excluding hydrogens is 394 g/mol. The quantitative estimate of drug-likeness (QED) is 0.774. The van der Waals surface area contributed by atoms with Crippen molar-refractivity contribution in [2.24, 2.45) is 0 Å². The molecule has 1 unspecified atom stereocenters. The van der Waals surface area contributed by atoms with Gasteiger partial charge in [0.25, 0.3) is 5.91 Å². The van der Waals surface area contributed by atoms with Crippen molar-refractivity contribution in [2.75, 3.05) is 25.0 Å². The SMILES string of the molecule is CC1c2[nH]nc(NC(=O)c3ccccn3)c2CN1C(=O)N1C[C@@]2(C)CCCN2C[C@@H]1C. The highest BCUT2D eigenvalue weighted by Crippen LogP contribution is 2.39. The van der Waals surface area contributed by atoms with E-state index in [2.05, 4.69) is 39.2 Å². The lowest BCUT2D eigenvalue weighted by atomic mass is 9.94. The molecule has 3 atom stereocenters. The highest BCUT2D eigenvalue weighted by molar-refractivity contribution is 6.02. The molecule has 3 aliphatic rings. The average molecular weight is 424 g/mol. The number of urea groups is 1. The van der Waals surface area contributed by atoms with Crippen molar-refractivity contribution in [2.45, 2.75) is 57.8 Å². The van der Waals surface area contributed by atoms with E-state index in [0.717, 1.165) is 37.3 Å². The van der Waals surface area contributed by atoms with Crippen LogP contribution in [0.2, 0.25) is 0 Å². The Morgan fingerprint density at radius 2 is 2.10 bits per heavy atom. The summed E-state index contributed by atoms with van der Waals surface area (Å²) in [5.74, 6) is 0.152. The molecule has 5 heterocycles. The van der Waals surface area contributed by atoms with Gasteiger partial charge in [-0.25, -0.2) is 4.79 Å². The maximum absolute atomic E-state index is 13.6. The predicted molar refractivity (Wildman–Crippen MR) is 116 cm³/mol. The molecule has 0 aliphatic carbocycles. The number of carbonyl (C=O) groups excluding carboxylic acids is 2. The number of carbonyl (C=O) groups is 2. The van der Waals surface area contributed by atoms with Crippen LogP contribution in [0.25, 0.3) is 0 Å². The van der Waals surface area contributed by atoms with Crippen LogP contribution in [0.4, 0.5) is 10.6 Å². The minimum absolute atomic E-state index is 0.0550. The Kier molecular flexibility index (Phi) is 4.73. The Hall–Kier alpha value is -2.94. The van der Waals surface area contributed by atoms with Crippen LogP contribution in [0, 0.1) is 0 Å². The van der Waals surface area contributed by atoms with E-state index in [1.165, 1.54) is 6.42 Å². The minimum Gasteiger partial charge on any atom is -0.319 e. The Labute approximate surface area is 181 Å². The molecule has 0 radical (unpaired) electrons. The highest BCUT2D eigenvalue weighted by Gasteiger charge is 2.47. The average Bonchev–Trinajstić information content (AvgIpc) is 3.43. The lowest BCUT2D eigenvalue weighted by molar-refractivity contribution is 0.0134. The van der Waals surface area contributed by atoms with Crippen molar-refractivity contribution in [3.8, 4) is 0 Å². The van der Waals surface area contributed by atoms with Crippen molar-refractivity contribution in [1.29, 1.82) is 0 Å². The van der Waals surface area contributed by atoms with Crippen molar-refractivity contribution < 1.29 is 9.59 Å². The molecule has 9 nitrogen and oxygen atoms in total. The Balaban J connectivity index is 1.32. The van der Waals surface area contributed by atoms with Gasteiger partial charge in [-0.15, -0.1) is 0 Å². The summed E-state index contributed by atoms with van der Waals surface area (Å²) in [6.45, 7) is 9.64. The van der Waals surface area contributed by atoms with Gasteiger partial charge in [0.1, 0.15) is 5.69 Å². The smallest absolute Gasteiger partial charge is 0.319 e. The summed E-state index contributed by atoms with van der Waals surface area (Å²) in [5, 5.41) is 10.2. The topological polar surface area (TPSA) is 97.5 Å². The van der Waals surface area contributed by atoms with Gasteiger partial charge in [-0.2, -0.15) is 5.10 Å². The van der Waals surface area contributed by atoms with Crippen LogP contribution in [0.1, 0.15) is 61.4 Å². The molecule has 164 valence electrons. The molecule has 2 saturated heterocycles. The number of hydrogen-bond acceptors (Lipinski definition) is 5. The summed E-state index contributed by atoms with van der Waals surface area (Å²) in [6, 6.07) is 5.29. The fourth-order valence-electron chi connectivity index (χ4n) is 5.28. The maximum Gasteiger partial charge on any atom is 0.321 e. The number of pyridine rings is 1. The molecule has 3 amide bonds. The van der Waals surface area contributed by atoms with Crippen molar-refractivity contribution in [3.05, 3.63) is 41.3 Å². The highest BCUT2D eigenvalue weighted by atomic mass is 16.2. The van der Waals surface area contributed by atoms with Crippen LogP contribution in [0.15, 0.2) is 24.4 Å². The van der Waals surface area contributed by atoms with E-state index < -0.39 is 0 Å². The van der Waals surface area contributed by atoms with Crippen LogP contribution in [-0.2, 0) is 6.54 Å². The van der Waals surface area contributed by atoms with Gasteiger partial charge in [0.15, 0.2) is 5.82 Å². The van der Waals surface area contributed by atoms with Crippen molar-refractivity contribution >= 4 is 17.8 Å². The second-order valence-corrected chi connectivity index (χ2v) is 9.24. The molecule has 2 fully saturated rings. The first-order valence-electron chi connectivity index (χ1n) is 11.0. The number of H-pyrrole nitrogens is 1. The summed E-state index contributed by atoms with van der Waals surface area (Å²) in [5.41, 5.74) is 2.14. The normalized spacial score (nSPS) is 27.8. The van der Waals surface area contributed by atoms with Crippen LogP contribution in [0.3, 0.4) is 0 Å². The van der Waals surface area contributed by atoms with E-state index in [-0.39, 0.29) is 29.6 Å². The van der Waals surface area contributed by atoms with Gasteiger partial charge >= 0.3 is 6.03 Å². The predicted octanol–water partition coefficient (Wildman–Crippen LogP) is 2.61. The largest absolute Gasteiger partial charge is 0.321 e. The van der Waals surface area contributed by atoms with E-state index in [1.807, 2.05) is 16.7 Å². The van der Waals surface area contributed by atoms with Crippen molar-refractivity contribution in [1.82, 2.24) is 29.9 Å². The molecule has 9 heteroatoms. The molecule has 2 N–H and O–H groups in total. The molecule has 31 heavy (non-hydrogen) atoms. The summed E-state index contributed by atoms with van der Waals surface area (Å²) < 4.78 is 0.